The Morgan fingerprint density at radius 3 is 2.71 bits per heavy atom. The highest BCUT2D eigenvalue weighted by atomic mass is 16.7. The van der Waals surface area contributed by atoms with Crippen LogP contribution in [-0.4, -0.2) is 76.3 Å². The van der Waals surface area contributed by atoms with Crippen LogP contribution in [0.2, 0.25) is 0 Å². The second kappa shape index (κ2) is 12.2. The molecule has 1 saturated carbocycles. The topological polar surface area (TPSA) is 130 Å². The molecule has 2 bridgehead atoms. The zero-order chi connectivity index (χ0) is 29.1. The molecule has 2 unspecified atom stereocenters. The van der Waals surface area contributed by atoms with Gasteiger partial charge in [0.15, 0.2) is 6.29 Å². The minimum atomic E-state index is -0.922. The number of fused-ring (bicyclic) bond motifs is 4. The van der Waals surface area contributed by atoms with Gasteiger partial charge in [0, 0.05) is 25.2 Å². The molecular weight excluding hydrogens is 530 g/mol. The number of amides is 1. The number of rotatable bonds is 10. The van der Waals surface area contributed by atoms with E-state index in [1.807, 2.05) is 20.8 Å². The highest BCUT2D eigenvalue weighted by molar-refractivity contribution is 5.75. The van der Waals surface area contributed by atoms with Crippen molar-refractivity contribution in [2.75, 3.05) is 26.4 Å². The van der Waals surface area contributed by atoms with E-state index in [0.717, 1.165) is 25.9 Å². The highest BCUT2D eigenvalue weighted by Gasteiger charge is 2.54. The van der Waals surface area contributed by atoms with E-state index in [2.05, 4.69) is 10.3 Å². The SMILES string of the molecule is CC(C)(C)OC(=O)NC12CCC(C(O)Cn3c(=O)ccc4ncc(OCCCOC5CCCCO5)cc43)(CC1)OC2. The third-order valence-electron chi connectivity index (χ3n) is 8.23. The van der Waals surface area contributed by atoms with Gasteiger partial charge in [0.2, 0.25) is 0 Å². The van der Waals surface area contributed by atoms with Gasteiger partial charge in [0.05, 0.1) is 54.7 Å². The molecule has 0 radical (unpaired) electrons. The molecule has 2 aromatic heterocycles. The van der Waals surface area contributed by atoms with E-state index in [-0.39, 0.29) is 25.0 Å². The van der Waals surface area contributed by atoms with Gasteiger partial charge in [0.25, 0.3) is 5.56 Å². The van der Waals surface area contributed by atoms with E-state index < -0.39 is 28.9 Å². The first-order valence-corrected chi connectivity index (χ1v) is 14.8. The van der Waals surface area contributed by atoms with Gasteiger partial charge in [-0.1, -0.05) is 0 Å². The average molecular weight is 574 g/mol. The molecule has 226 valence electrons. The molecule has 1 amide bonds. The lowest BCUT2D eigenvalue weighted by molar-refractivity contribution is -0.209. The number of aromatic nitrogens is 2. The van der Waals surface area contributed by atoms with Gasteiger partial charge in [-0.15, -0.1) is 0 Å². The number of hydrogen-bond donors (Lipinski definition) is 2. The summed E-state index contributed by atoms with van der Waals surface area (Å²) in [6, 6.07) is 4.93. The first-order valence-electron chi connectivity index (χ1n) is 14.8. The number of pyridine rings is 2. The Bertz CT molecular complexity index is 1240. The summed E-state index contributed by atoms with van der Waals surface area (Å²) in [5.41, 5.74) is -0.902. The molecule has 2 atom stereocenters. The number of ether oxygens (including phenoxy) is 5. The number of carbonyl (C=O) groups excluding carboxylic acids is 1. The van der Waals surface area contributed by atoms with Crippen molar-refractivity contribution in [1.29, 1.82) is 0 Å². The Morgan fingerprint density at radius 2 is 2.02 bits per heavy atom. The lowest BCUT2D eigenvalue weighted by Gasteiger charge is -2.54. The van der Waals surface area contributed by atoms with Crippen LogP contribution in [0.25, 0.3) is 11.0 Å². The van der Waals surface area contributed by atoms with Gasteiger partial charge < -0.3 is 38.7 Å². The molecule has 0 spiro atoms. The Balaban J connectivity index is 1.20. The fourth-order valence-corrected chi connectivity index (χ4v) is 5.89. The van der Waals surface area contributed by atoms with Crippen LogP contribution < -0.4 is 15.6 Å². The van der Waals surface area contributed by atoms with Crippen molar-refractivity contribution in [2.24, 2.45) is 0 Å². The number of nitrogens with one attached hydrogen (secondary N) is 1. The molecule has 6 rings (SSSR count). The maximum atomic E-state index is 13.0. The van der Waals surface area contributed by atoms with Crippen molar-refractivity contribution in [3.8, 4) is 5.75 Å². The van der Waals surface area contributed by atoms with Crippen LogP contribution in [0.5, 0.6) is 5.75 Å². The monoisotopic (exact) mass is 573 g/mol. The molecule has 2 aromatic rings. The molecule has 1 aliphatic carbocycles. The minimum Gasteiger partial charge on any atom is -0.492 e. The highest BCUT2D eigenvalue weighted by Crippen LogP contribution is 2.46. The zero-order valence-electron chi connectivity index (χ0n) is 24.4. The number of aliphatic hydroxyl groups is 1. The fraction of sp³-hybridized carbons (Fsp3) is 0.700. The molecular formula is C30H43N3O8. The van der Waals surface area contributed by atoms with Crippen LogP contribution in [-0.2, 0) is 25.5 Å². The van der Waals surface area contributed by atoms with Crippen molar-refractivity contribution < 1.29 is 33.6 Å². The Kier molecular flexibility index (Phi) is 8.89. The molecule has 4 fully saturated rings. The number of aliphatic hydroxyl groups excluding tert-OH is 1. The van der Waals surface area contributed by atoms with Crippen molar-refractivity contribution in [3.05, 3.63) is 34.7 Å². The summed E-state index contributed by atoms with van der Waals surface area (Å²) in [4.78, 5) is 29.8. The summed E-state index contributed by atoms with van der Waals surface area (Å²) in [5, 5.41) is 14.4. The molecule has 11 heteroatoms. The van der Waals surface area contributed by atoms with E-state index in [4.69, 9.17) is 23.7 Å². The summed E-state index contributed by atoms with van der Waals surface area (Å²) in [6.45, 7) is 7.55. The van der Waals surface area contributed by atoms with E-state index in [0.29, 0.717) is 62.1 Å². The first kappa shape index (κ1) is 29.8. The van der Waals surface area contributed by atoms with Gasteiger partial charge in [-0.2, -0.15) is 0 Å². The predicted octanol–water partition coefficient (Wildman–Crippen LogP) is 3.68. The third-order valence-corrected chi connectivity index (χ3v) is 8.23. The fourth-order valence-electron chi connectivity index (χ4n) is 5.89. The number of alkyl carbamates (subject to hydrolysis) is 1. The minimum absolute atomic E-state index is 0.0586. The largest absolute Gasteiger partial charge is 0.492 e. The standard InChI is InChI=1S/C30H43N3O8/c1-28(2,3)41-27(36)32-29-10-12-30(13-11-29,40-20-29)24(34)19-33-23-17-21(18-31-22(23)8-9-25(33)35)37-15-6-16-39-26-7-4-5-14-38-26/h8-9,17-18,24,26,34H,4-7,10-16,19-20H2,1-3H3,(H,32,36). The summed E-state index contributed by atoms with van der Waals surface area (Å²) >= 11 is 0. The van der Waals surface area contributed by atoms with Crippen molar-refractivity contribution in [3.63, 3.8) is 0 Å². The van der Waals surface area contributed by atoms with Gasteiger partial charge in [0.1, 0.15) is 17.5 Å². The van der Waals surface area contributed by atoms with E-state index in [1.165, 1.54) is 10.6 Å². The predicted molar refractivity (Wildman–Crippen MR) is 151 cm³/mol. The van der Waals surface area contributed by atoms with Crippen LogP contribution in [0.4, 0.5) is 4.79 Å². The smallest absolute Gasteiger partial charge is 0.408 e. The van der Waals surface area contributed by atoms with Crippen LogP contribution in [0, 0.1) is 0 Å². The molecule has 11 nitrogen and oxygen atoms in total. The zero-order valence-corrected chi connectivity index (χ0v) is 24.4. The summed E-state index contributed by atoms with van der Waals surface area (Å²) < 4.78 is 30.5. The van der Waals surface area contributed by atoms with Gasteiger partial charge in [-0.05, 0) is 71.8 Å². The molecule has 4 aliphatic rings. The lowest BCUT2D eigenvalue weighted by Crippen LogP contribution is -2.66. The second-order valence-electron chi connectivity index (χ2n) is 12.5. The van der Waals surface area contributed by atoms with Crippen molar-refractivity contribution in [1.82, 2.24) is 14.9 Å². The second-order valence-corrected chi connectivity index (χ2v) is 12.5. The average Bonchev–Trinajstić information content (AvgIpc) is 2.94. The number of carbonyl (C=O) groups is 1. The van der Waals surface area contributed by atoms with E-state index >= 15 is 0 Å². The maximum Gasteiger partial charge on any atom is 0.408 e. The van der Waals surface area contributed by atoms with Crippen LogP contribution in [0.15, 0.2) is 29.2 Å². The summed E-state index contributed by atoms with van der Waals surface area (Å²) in [5.74, 6) is 0.544. The summed E-state index contributed by atoms with van der Waals surface area (Å²) in [7, 11) is 0. The van der Waals surface area contributed by atoms with Crippen LogP contribution >= 0.6 is 0 Å². The van der Waals surface area contributed by atoms with E-state index in [1.54, 1.807) is 18.3 Å². The normalized spacial score (nSPS) is 27.0. The van der Waals surface area contributed by atoms with Crippen LogP contribution in [0.3, 0.4) is 0 Å². The maximum absolute atomic E-state index is 13.0. The Morgan fingerprint density at radius 1 is 1.22 bits per heavy atom. The van der Waals surface area contributed by atoms with Crippen molar-refractivity contribution >= 4 is 17.1 Å². The van der Waals surface area contributed by atoms with Crippen molar-refractivity contribution in [2.45, 2.75) is 108 Å². The van der Waals surface area contributed by atoms with Crippen LogP contribution in [0.1, 0.15) is 72.1 Å². The lowest BCUT2D eigenvalue weighted by atomic mass is 9.69. The third kappa shape index (κ3) is 7.20. The first-order chi connectivity index (χ1) is 19.6. The Hall–Kier alpha value is -2.73. The summed E-state index contributed by atoms with van der Waals surface area (Å²) in [6.07, 6.45) is 6.39. The quantitative estimate of drug-likeness (QED) is 0.409. The van der Waals surface area contributed by atoms with E-state index in [9.17, 15) is 14.7 Å². The Labute approximate surface area is 240 Å². The molecule has 3 aliphatic heterocycles. The molecule has 0 aromatic carbocycles. The molecule has 41 heavy (non-hydrogen) atoms. The number of hydrogen-bond acceptors (Lipinski definition) is 9. The van der Waals surface area contributed by atoms with Gasteiger partial charge >= 0.3 is 6.09 Å². The molecule has 3 saturated heterocycles. The molecule has 2 N–H and O–H groups in total. The molecule has 5 heterocycles. The van der Waals surface area contributed by atoms with Gasteiger partial charge in [-0.25, -0.2) is 4.79 Å². The van der Waals surface area contributed by atoms with Gasteiger partial charge in [-0.3, -0.25) is 9.78 Å². The number of nitrogens with zero attached hydrogens (tertiary/aromatic N) is 2.